The van der Waals surface area contributed by atoms with Gasteiger partial charge in [0.2, 0.25) is 0 Å². The molecule has 0 atom stereocenters. The smallest absolute Gasteiger partial charge is 0.255 e. The number of hydrogen-bond acceptors (Lipinski definition) is 8. The van der Waals surface area contributed by atoms with Gasteiger partial charge in [-0.1, -0.05) is 6.08 Å². The lowest BCUT2D eigenvalue weighted by Crippen LogP contribution is -2.25. The van der Waals surface area contributed by atoms with Crippen LogP contribution in [0.1, 0.15) is 6.42 Å². The van der Waals surface area contributed by atoms with E-state index in [4.69, 9.17) is 4.74 Å². The highest BCUT2D eigenvalue weighted by Crippen LogP contribution is 2.30. The van der Waals surface area contributed by atoms with Gasteiger partial charge in [-0.2, -0.15) is 0 Å². The number of amides is 1. The van der Waals surface area contributed by atoms with E-state index in [-0.39, 0.29) is 11.7 Å². The molecular formula is C26H24FN7O2. The minimum atomic E-state index is -0.546. The molecule has 3 aromatic heterocycles. The lowest BCUT2D eigenvalue weighted by molar-refractivity contribution is -0.114. The van der Waals surface area contributed by atoms with E-state index >= 15 is 0 Å². The van der Waals surface area contributed by atoms with Crippen LogP contribution in [0.25, 0.3) is 11.0 Å². The van der Waals surface area contributed by atoms with Crippen molar-refractivity contribution in [3.05, 3.63) is 78.7 Å². The van der Waals surface area contributed by atoms with Crippen molar-refractivity contribution in [3.8, 4) is 11.5 Å². The van der Waals surface area contributed by atoms with E-state index in [0.29, 0.717) is 53.6 Å². The maximum Gasteiger partial charge on any atom is 0.255 e. The Labute approximate surface area is 207 Å². The first-order chi connectivity index (χ1) is 17.5. The summed E-state index contributed by atoms with van der Waals surface area (Å²) >= 11 is 0. The summed E-state index contributed by atoms with van der Waals surface area (Å²) in [5.74, 6) is 0.832. The summed E-state index contributed by atoms with van der Waals surface area (Å²) < 4.78 is 20.3. The van der Waals surface area contributed by atoms with Crippen molar-refractivity contribution in [1.29, 1.82) is 0 Å². The van der Waals surface area contributed by atoms with Crippen molar-refractivity contribution in [2.45, 2.75) is 6.42 Å². The number of likely N-dealkylation sites (N-methyl/N-ethyl adjacent to an activating group) is 1. The molecule has 4 aromatic rings. The van der Waals surface area contributed by atoms with E-state index in [0.717, 1.165) is 5.57 Å². The normalized spacial score (nSPS) is 14.7. The van der Waals surface area contributed by atoms with Crippen molar-refractivity contribution >= 4 is 34.3 Å². The van der Waals surface area contributed by atoms with Crippen LogP contribution in [0.15, 0.2) is 72.8 Å². The molecule has 0 bridgehead atoms. The first-order valence-corrected chi connectivity index (χ1v) is 11.4. The minimum absolute atomic E-state index is 0.0543. The zero-order valence-corrected chi connectivity index (χ0v) is 19.8. The molecule has 0 spiro atoms. The van der Waals surface area contributed by atoms with Crippen LogP contribution in [0.3, 0.4) is 0 Å². The quantitative estimate of drug-likeness (QED) is 0.387. The summed E-state index contributed by atoms with van der Waals surface area (Å²) in [5, 5.41) is 3.11. The topological polar surface area (TPSA) is 96.4 Å². The van der Waals surface area contributed by atoms with Crippen LogP contribution in [-0.2, 0) is 4.79 Å². The summed E-state index contributed by atoms with van der Waals surface area (Å²) in [5.41, 5.74) is 2.31. The number of carbonyl (C=O) groups excluding carboxylic acids is 1. The van der Waals surface area contributed by atoms with Crippen LogP contribution in [0.4, 0.5) is 21.7 Å². The van der Waals surface area contributed by atoms with E-state index in [2.05, 4.69) is 25.3 Å². The Balaban J connectivity index is 1.39. The molecule has 36 heavy (non-hydrogen) atoms. The number of fused-ring (bicyclic) bond motifs is 1. The maximum atomic E-state index is 14.7. The number of nitrogens with one attached hydrogen (secondary N) is 1. The molecule has 1 aliphatic heterocycles. The number of ether oxygens (including phenoxy) is 1. The summed E-state index contributed by atoms with van der Waals surface area (Å²) in [4.78, 5) is 33.8. The van der Waals surface area contributed by atoms with E-state index in [9.17, 15) is 9.18 Å². The molecule has 1 amide bonds. The average molecular weight is 486 g/mol. The van der Waals surface area contributed by atoms with Gasteiger partial charge in [-0.15, -0.1) is 0 Å². The van der Waals surface area contributed by atoms with Crippen LogP contribution < -0.4 is 15.0 Å². The third kappa shape index (κ3) is 4.98. The Morgan fingerprint density at radius 3 is 2.86 bits per heavy atom. The highest BCUT2D eigenvalue weighted by molar-refractivity contribution is 6.08. The van der Waals surface area contributed by atoms with E-state index in [1.165, 1.54) is 24.7 Å². The number of rotatable bonds is 7. The van der Waals surface area contributed by atoms with Gasteiger partial charge in [-0.25, -0.2) is 19.3 Å². The van der Waals surface area contributed by atoms with E-state index in [1.807, 2.05) is 25.1 Å². The van der Waals surface area contributed by atoms with Gasteiger partial charge in [0, 0.05) is 36.6 Å². The Kier molecular flexibility index (Phi) is 6.50. The van der Waals surface area contributed by atoms with Crippen molar-refractivity contribution in [3.63, 3.8) is 0 Å². The monoisotopic (exact) mass is 485 g/mol. The number of anilines is 3. The lowest BCUT2D eigenvalue weighted by atomic mass is 10.2. The average Bonchev–Trinajstić information content (AvgIpc) is 3.25. The fourth-order valence-corrected chi connectivity index (χ4v) is 3.82. The second-order valence-electron chi connectivity index (χ2n) is 8.52. The number of hydrogen-bond donors (Lipinski definition) is 1. The van der Waals surface area contributed by atoms with Crippen molar-refractivity contribution in [2.75, 3.05) is 37.4 Å². The van der Waals surface area contributed by atoms with Gasteiger partial charge >= 0.3 is 0 Å². The van der Waals surface area contributed by atoms with Crippen molar-refractivity contribution in [1.82, 2.24) is 24.8 Å². The molecule has 182 valence electrons. The highest BCUT2D eigenvalue weighted by atomic mass is 19.1. The lowest BCUT2D eigenvalue weighted by Gasteiger charge is -2.16. The first kappa shape index (κ1) is 23.3. The van der Waals surface area contributed by atoms with Crippen LogP contribution >= 0.6 is 0 Å². The van der Waals surface area contributed by atoms with Crippen molar-refractivity contribution < 1.29 is 13.9 Å². The molecule has 0 radical (unpaired) electrons. The molecule has 4 heterocycles. The zero-order chi connectivity index (χ0) is 25.1. The number of benzene rings is 1. The van der Waals surface area contributed by atoms with E-state index in [1.54, 1.807) is 41.4 Å². The Morgan fingerprint density at radius 2 is 2.08 bits per heavy atom. The summed E-state index contributed by atoms with van der Waals surface area (Å²) in [7, 11) is 3.92. The number of aromatic nitrogens is 4. The largest absolute Gasteiger partial charge is 0.453 e. The maximum absolute atomic E-state index is 14.7. The summed E-state index contributed by atoms with van der Waals surface area (Å²) in [6.07, 6.45) is 7.15. The third-order valence-corrected chi connectivity index (χ3v) is 5.63. The number of nitrogens with zero attached hydrogens (tertiary/aromatic N) is 6. The van der Waals surface area contributed by atoms with Gasteiger partial charge in [0.25, 0.3) is 5.91 Å². The van der Waals surface area contributed by atoms with Gasteiger partial charge in [-0.05, 0) is 56.9 Å². The third-order valence-electron chi connectivity index (χ3n) is 5.63. The standard InChI is InChI=1S/C26H24FN7O2/c1-33(2)12-9-17-10-13-34(26(17)35)23-8-6-21-24(32-23)25(30-16-29-21)31-18-5-7-22(20(27)14-18)36-19-4-3-11-28-15-19/h3-9,11,14-16H,10,12-13H2,1-2H3,(H,29,30,31)/b17-9+. The molecule has 1 saturated heterocycles. The van der Waals surface area contributed by atoms with Crippen LogP contribution in [0.5, 0.6) is 11.5 Å². The number of halogens is 1. The molecule has 1 aliphatic rings. The molecular weight excluding hydrogens is 461 g/mol. The SMILES string of the molecule is CN(C)C/C=C1\CCN(c2ccc3ncnc(Nc4ccc(Oc5cccnc5)c(F)c4)c3n2)C1=O. The van der Waals surface area contributed by atoms with Crippen LogP contribution in [0.2, 0.25) is 0 Å². The molecule has 1 aromatic carbocycles. The Morgan fingerprint density at radius 1 is 1.19 bits per heavy atom. The van der Waals surface area contributed by atoms with Gasteiger partial charge in [0.05, 0.1) is 11.7 Å². The highest BCUT2D eigenvalue weighted by Gasteiger charge is 2.28. The molecule has 9 nitrogen and oxygen atoms in total. The fraction of sp³-hybridized carbons (Fsp3) is 0.192. The van der Waals surface area contributed by atoms with Crippen molar-refractivity contribution in [2.24, 2.45) is 0 Å². The fourth-order valence-electron chi connectivity index (χ4n) is 3.82. The zero-order valence-electron chi connectivity index (χ0n) is 19.8. The minimum Gasteiger partial charge on any atom is -0.453 e. The Bertz CT molecular complexity index is 1440. The van der Waals surface area contributed by atoms with Gasteiger partial charge in [-0.3, -0.25) is 14.7 Å². The summed E-state index contributed by atoms with van der Waals surface area (Å²) in [6.45, 7) is 1.25. The van der Waals surface area contributed by atoms with Crippen LogP contribution in [-0.4, -0.2) is 57.9 Å². The van der Waals surface area contributed by atoms with Gasteiger partial charge in [0.1, 0.15) is 23.4 Å². The molecule has 1 N–H and O–H groups in total. The molecule has 0 unspecified atom stereocenters. The van der Waals surface area contributed by atoms with Gasteiger partial charge in [0.15, 0.2) is 17.4 Å². The predicted molar refractivity (Wildman–Crippen MR) is 135 cm³/mol. The molecule has 0 aliphatic carbocycles. The molecule has 10 heteroatoms. The first-order valence-electron chi connectivity index (χ1n) is 11.4. The summed E-state index contributed by atoms with van der Waals surface area (Å²) in [6, 6.07) is 11.5. The van der Waals surface area contributed by atoms with E-state index < -0.39 is 5.82 Å². The second kappa shape index (κ2) is 10.0. The Hall–Kier alpha value is -4.44. The van der Waals surface area contributed by atoms with Crippen LogP contribution in [0, 0.1) is 5.82 Å². The molecule has 5 rings (SSSR count). The number of pyridine rings is 2. The predicted octanol–water partition coefficient (Wildman–Crippen LogP) is 4.32. The molecule has 1 fully saturated rings. The second-order valence-corrected chi connectivity index (χ2v) is 8.52. The van der Waals surface area contributed by atoms with Gasteiger partial charge < -0.3 is 15.0 Å². The molecule has 0 saturated carbocycles. The number of carbonyl (C=O) groups is 1.